The average molecular weight is 420 g/mol. The van der Waals surface area contributed by atoms with Gasteiger partial charge in [-0.25, -0.2) is 9.97 Å². The van der Waals surface area contributed by atoms with Crippen molar-refractivity contribution in [2.75, 3.05) is 36.5 Å². The first-order valence-corrected chi connectivity index (χ1v) is 10.7. The summed E-state index contributed by atoms with van der Waals surface area (Å²) in [7, 11) is 1.77. The van der Waals surface area contributed by atoms with E-state index in [1.54, 1.807) is 29.1 Å². The lowest BCUT2D eigenvalue weighted by molar-refractivity contribution is 0.122. The maximum absolute atomic E-state index is 12.9. The summed E-state index contributed by atoms with van der Waals surface area (Å²) in [4.78, 5) is 24.1. The highest BCUT2D eigenvalue weighted by Crippen LogP contribution is 2.26. The van der Waals surface area contributed by atoms with Gasteiger partial charge in [0.1, 0.15) is 5.01 Å². The molecule has 3 heterocycles. The molecule has 4 aromatic rings. The lowest BCUT2D eigenvalue weighted by atomic mass is 10.2. The fourth-order valence-corrected chi connectivity index (χ4v) is 4.25. The third kappa shape index (κ3) is 3.55. The lowest BCUT2D eigenvalue weighted by Gasteiger charge is -2.28. The Balaban J connectivity index is 1.43. The molecule has 7 nitrogen and oxygen atoms in total. The van der Waals surface area contributed by atoms with Crippen LogP contribution in [-0.2, 0) is 11.8 Å². The molecule has 30 heavy (non-hydrogen) atoms. The monoisotopic (exact) mass is 419 g/mol. The molecule has 8 heteroatoms. The van der Waals surface area contributed by atoms with Gasteiger partial charge in [-0.2, -0.15) is 0 Å². The van der Waals surface area contributed by atoms with Crippen molar-refractivity contribution in [1.29, 1.82) is 0 Å². The molecule has 1 aliphatic heterocycles. The second kappa shape index (κ2) is 7.89. The van der Waals surface area contributed by atoms with Crippen LogP contribution >= 0.6 is 11.3 Å². The van der Waals surface area contributed by atoms with Crippen LogP contribution in [0.4, 0.5) is 17.2 Å². The number of ether oxygens (including phenoxy) is 1. The molecule has 2 aromatic heterocycles. The van der Waals surface area contributed by atoms with E-state index >= 15 is 0 Å². The summed E-state index contributed by atoms with van der Waals surface area (Å²) in [6.07, 6.45) is 1.78. The number of benzene rings is 2. The van der Waals surface area contributed by atoms with Crippen LogP contribution in [0, 0.1) is 0 Å². The van der Waals surface area contributed by atoms with E-state index in [0.717, 1.165) is 59.3 Å². The van der Waals surface area contributed by atoms with Gasteiger partial charge in [0.15, 0.2) is 5.82 Å². The number of nitrogens with zero attached hydrogens (tertiary/aromatic N) is 4. The molecule has 0 amide bonds. The standard InChI is InChI=1S/C22H21N5O2S/c1-26-19-14-15(21-23-8-13-30-21)2-7-18(19)25-20(22(26)28)24-16-3-5-17(6-4-16)27-9-11-29-12-10-27/h2-8,13-14H,9-12H2,1H3,(H,24,25). The number of thiazole rings is 1. The normalized spacial score (nSPS) is 14.2. The number of morpholine rings is 1. The molecule has 0 saturated carbocycles. The maximum atomic E-state index is 12.9. The van der Waals surface area contributed by atoms with E-state index in [9.17, 15) is 4.79 Å². The highest BCUT2D eigenvalue weighted by Gasteiger charge is 2.13. The van der Waals surface area contributed by atoms with Crippen LogP contribution in [0.15, 0.2) is 58.8 Å². The van der Waals surface area contributed by atoms with Crippen LogP contribution in [-0.4, -0.2) is 40.8 Å². The summed E-state index contributed by atoms with van der Waals surface area (Å²) < 4.78 is 7.04. The Bertz CT molecular complexity index is 1230. The second-order valence-corrected chi connectivity index (χ2v) is 8.03. The number of hydrogen-bond acceptors (Lipinski definition) is 7. The van der Waals surface area contributed by atoms with Crippen molar-refractivity contribution in [2.24, 2.45) is 7.05 Å². The topological polar surface area (TPSA) is 72.3 Å². The molecule has 1 N–H and O–H groups in total. The van der Waals surface area contributed by atoms with Gasteiger partial charge in [0.2, 0.25) is 0 Å². The maximum Gasteiger partial charge on any atom is 0.293 e. The molecule has 0 aliphatic carbocycles. The molecule has 1 saturated heterocycles. The van der Waals surface area contributed by atoms with Gasteiger partial charge >= 0.3 is 0 Å². The van der Waals surface area contributed by atoms with Crippen LogP contribution in [0.1, 0.15) is 0 Å². The van der Waals surface area contributed by atoms with Crippen molar-refractivity contribution in [1.82, 2.24) is 14.5 Å². The number of aromatic nitrogens is 3. The van der Waals surface area contributed by atoms with Crippen molar-refractivity contribution in [3.63, 3.8) is 0 Å². The SMILES string of the molecule is Cn1c(=O)c(Nc2ccc(N3CCOCC3)cc2)nc2ccc(-c3nccs3)cc21. The van der Waals surface area contributed by atoms with Gasteiger partial charge in [-0.1, -0.05) is 0 Å². The summed E-state index contributed by atoms with van der Waals surface area (Å²) >= 11 is 1.57. The fraction of sp³-hybridized carbons (Fsp3) is 0.227. The molecule has 0 radical (unpaired) electrons. The van der Waals surface area contributed by atoms with E-state index in [2.05, 4.69) is 32.3 Å². The third-order valence-corrected chi connectivity index (χ3v) is 6.08. The molecule has 152 valence electrons. The summed E-state index contributed by atoms with van der Waals surface area (Å²) in [5.41, 5.74) is 4.32. The quantitative estimate of drug-likeness (QED) is 0.545. The molecule has 0 unspecified atom stereocenters. The molecule has 2 aromatic carbocycles. The largest absolute Gasteiger partial charge is 0.378 e. The van der Waals surface area contributed by atoms with Crippen LogP contribution in [0.2, 0.25) is 0 Å². The Labute approximate surface area is 177 Å². The summed E-state index contributed by atoms with van der Waals surface area (Å²) in [5, 5.41) is 6.04. The predicted octanol–water partition coefficient (Wildman–Crippen LogP) is 3.64. The molecule has 0 spiro atoms. The molecular formula is C22H21N5O2S. The minimum Gasteiger partial charge on any atom is -0.378 e. The van der Waals surface area contributed by atoms with Gasteiger partial charge in [0.25, 0.3) is 5.56 Å². The lowest BCUT2D eigenvalue weighted by Crippen LogP contribution is -2.36. The van der Waals surface area contributed by atoms with E-state index < -0.39 is 0 Å². The van der Waals surface area contributed by atoms with E-state index in [1.807, 2.05) is 35.7 Å². The van der Waals surface area contributed by atoms with Gasteiger partial charge < -0.3 is 19.5 Å². The van der Waals surface area contributed by atoms with Gasteiger partial charge in [0.05, 0.1) is 24.2 Å². The Morgan fingerprint density at radius 1 is 1.10 bits per heavy atom. The summed E-state index contributed by atoms with van der Waals surface area (Å²) in [6, 6.07) is 13.9. The Morgan fingerprint density at radius 2 is 1.90 bits per heavy atom. The molecule has 0 bridgehead atoms. The van der Waals surface area contributed by atoms with Crippen molar-refractivity contribution >= 4 is 39.6 Å². The number of fused-ring (bicyclic) bond motifs is 1. The molecule has 0 atom stereocenters. The van der Waals surface area contributed by atoms with Gasteiger partial charge in [-0.15, -0.1) is 11.3 Å². The fourth-order valence-electron chi connectivity index (χ4n) is 3.62. The smallest absolute Gasteiger partial charge is 0.293 e. The van der Waals surface area contributed by atoms with E-state index in [-0.39, 0.29) is 5.56 Å². The number of nitrogens with one attached hydrogen (secondary N) is 1. The van der Waals surface area contributed by atoms with Crippen molar-refractivity contribution in [3.8, 4) is 10.6 Å². The van der Waals surface area contributed by atoms with Crippen LogP contribution in [0.5, 0.6) is 0 Å². The molecule has 1 aliphatic rings. The van der Waals surface area contributed by atoms with E-state index in [0.29, 0.717) is 5.82 Å². The van der Waals surface area contributed by atoms with Gasteiger partial charge in [-0.05, 0) is 42.5 Å². The Kier molecular flexibility index (Phi) is 4.94. The minimum absolute atomic E-state index is 0.170. The number of hydrogen-bond donors (Lipinski definition) is 1. The first-order valence-electron chi connectivity index (χ1n) is 9.79. The molecule has 5 rings (SSSR count). The summed E-state index contributed by atoms with van der Waals surface area (Å²) in [6.45, 7) is 3.29. The van der Waals surface area contributed by atoms with E-state index in [1.165, 1.54) is 0 Å². The third-order valence-electron chi connectivity index (χ3n) is 5.26. The van der Waals surface area contributed by atoms with E-state index in [4.69, 9.17) is 4.74 Å². The molecular weight excluding hydrogens is 398 g/mol. The number of anilines is 3. The zero-order valence-corrected chi connectivity index (χ0v) is 17.4. The highest BCUT2D eigenvalue weighted by atomic mass is 32.1. The van der Waals surface area contributed by atoms with Crippen LogP contribution in [0.3, 0.4) is 0 Å². The minimum atomic E-state index is -0.170. The van der Waals surface area contributed by atoms with Gasteiger partial charge in [0, 0.05) is 48.7 Å². The number of aryl methyl sites for hydroxylation is 1. The Hall–Kier alpha value is -3.23. The van der Waals surface area contributed by atoms with Crippen molar-refractivity contribution in [3.05, 3.63) is 64.4 Å². The molecule has 1 fully saturated rings. The first-order chi connectivity index (χ1) is 14.7. The average Bonchev–Trinajstić information content (AvgIpc) is 3.33. The second-order valence-electron chi connectivity index (χ2n) is 7.14. The van der Waals surface area contributed by atoms with Crippen LogP contribution in [0.25, 0.3) is 21.6 Å². The van der Waals surface area contributed by atoms with Crippen molar-refractivity contribution in [2.45, 2.75) is 0 Å². The highest BCUT2D eigenvalue weighted by molar-refractivity contribution is 7.13. The summed E-state index contributed by atoms with van der Waals surface area (Å²) in [5.74, 6) is 0.311. The first kappa shape index (κ1) is 18.8. The van der Waals surface area contributed by atoms with Gasteiger partial charge in [-0.3, -0.25) is 4.79 Å². The van der Waals surface area contributed by atoms with Crippen molar-refractivity contribution < 1.29 is 4.74 Å². The Morgan fingerprint density at radius 3 is 2.63 bits per heavy atom. The zero-order chi connectivity index (χ0) is 20.5. The predicted molar refractivity (Wildman–Crippen MR) is 121 cm³/mol. The zero-order valence-electron chi connectivity index (χ0n) is 16.5. The van der Waals surface area contributed by atoms with Crippen LogP contribution < -0.4 is 15.8 Å². The number of rotatable bonds is 4.